The van der Waals surface area contributed by atoms with E-state index in [1.54, 1.807) is 26.0 Å². The van der Waals surface area contributed by atoms with E-state index in [2.05, 4.69) is 0 Å². The zero-order valence-corrected chi connectivity index (χ0v) is 14.3. The van der Waals surface area contributed by atoms with E-state index in [1.165, 1.54) is 12.1 Å². The number of ether oxygens (including phenoxy) is 3. The van der Waals surface area contributed by atoms with Crippen molar-refractivity contribution in [3.63, 3.8) is 0 Å². The maximum atomic E-state index is 11.4. The largest absolute Gasteiger partial charge is 0.479 e. The molecule has 144 valence electrons. The van der Waals surface area contributed by atoms with Gasteiger partial charge in [-0.2, -0.15) is 0 Å². The van der Waals surface area contributed by atoms with Crippen molar-refractivity contribution in [3.05, 3.63) is 29.8 Å². The van der Waals surface area contributed by atoms with Gasteiger partial charge in [0, 0.05) is 0 Å². The van der Waals surface area contributed by atoms with E-state index in [0.717, 1.165) is 0 Å². The number of hydrogen-bond acceptors (Lipinski definition) is 8. The molecule has 0 saturated carbocycles. The number of carbonyl (C=O) groups is 2. The summed E-state index contributed by atoms with van der Waals surface area (Å²) in [5, 5.41) is 38.3. The summed E-state index contributed by atoms with van der Waals surface area (Å²) in [5.74, 6) is -1.80. The Labute approximate surface area is 149 Å². The van der Waals surface area contributed by atoms with Gasteiger partial charge in [0.1, 0.15) is 30.7 Å². The topological polar surface area (TPSA) is 143 Å². The van der Waals surface area contributed by atoms with Crippen LogP contribution in [0.3, 0.4) is 0 Å². The number of benzene rings is 1. The highest BCUT2D eigenvalue weighted by molar-refractivity contribution is 5.73. The third kappa shape index (κ3) is 4.70. The van der Waals surface area contributed by atoms with Crippen molar-refractivity contribution < 1.29 is 44.2 Å². The summed E-state index contributed by atoms with van der Waals surface area (Å²) in [6.45, 7) is 3.54. The van der Waals surface area contributed by atoms with Gasteiger partial charge in [-0.05, 0) is 17.7 Å². The van der Waals surface area contributed by atoms with Crippen molar-refractivity contribution in [2.45, 2.75) is 51.2 Å². The number of aliphatic hydroxyl groups is 3. The van der Waals surface area contributed by atoms with Crippen LogP contribution in [0.4, 0.5) is 0 Å². The average molecular weight is 370 g/mol. The number of carboxylic acid groups (broad SMARTS) is 1. The minimum Gasteiger partial charge on any atom is -0.479 e. The summed E-state index contributed by atoms with van der Waals surface area (Å²) in [5.41, 5.74) is 0.704. The van der Waals surface area contributed by atoms with Crippen LogP contribution in [0.15, 0.2) is 24.3 Å². The van der Waals surface area contributed by atoms with E-state index in [0.29, 0.717) is 5.56 Å². The van der Waals surface area contributed by atoms with Crippen LogP contribution >= 0.6 is 0 Å². The molecule has 26 heavy (non-hydrogen) atoms. The number of rotatable bonds is 6. The van der Waals surface area contributed by atoms with Gasteiger partial charge in [-0.25, -0.2) is 4.79 Å². The van der Waals surface area contributed by atoms with Gasteiger partial charge in [0.15, 0.2) is 6.10 Å². The van der Waals surface area contributed by atoms with Crippen LogP contribution in [0.1, 0.15) is 19.4 Å². The summed E-state index contributed by atoms with van der Waals surface area (Å²) in [7, 11) is 0. The third-order valence-electron chi connectivity index (χ3n) is 3.84. The van der Waals surface area contributed by atoms with E-state index in [-0.39, 0.29) is 24.2 Å². The quantitative estimate of drug-likeness (QED) is 0.494. The molecular weight excluding hydrogens is 348 g/mol. The fourth-order valence-corrected chi connectivity index (χ4v) is 2.27. The average Bonchev–Trinajstić information content (AvgIpc) is 2.60. The highest BCUT2D eigenvalue weighted by Crippen LogP contribution is 2.25. The fourth-order valence-electron chi connectivity index (χ4n) is 2.27. The zero-order chi connectivity index (χ0) is 19.4. The first-order chi connectivity index (χ1) is 12.2. The van der Waals surface area contributed by atoms with Crippen molar-refractivity contribution in [1.29, 1.82) is 0 Å². The predicted molar refractivity (Wildman–Crippen MR) is 86.0 cm³/mol. The van der Waals surface area contributed by atoms with Crippen LogP contribution in [0.2, 0.25) is 0 Å². The van der Waals surface area contributed by atoms with E-state index >= 15 is 0 Å². The van der Waals surface area contributed by atoms with Gasteiger partial charge < -0.3 is 34.6 Å². The Morgan fingerprint density at radius 1 is 1.08 bits per heavy atom. The molecule has 2 rings (SSSR count). The smallest absolute Gasteiger partial charge is 0.335 e. The van der Waals surface area contributed by atoms with Crippen molar-refractivity contribution in [2.75, 3.05) is 0 Å². The highest BCUT2D eigenvalue weighted by Gasteiger charge is 2.48. The normalized spacial score (nSPS) is 28.6. The van der Waals surface area contributed by atoms with Gasteiger partial charge in [-0.15, -0.1) is 0 Å². The molecule has 1 aromatic carbocycles. The molecule has 0 unspecified atom stereocenters. The van der Waals surface area contributed by atoms with Crippen LogP contribution in [0, 0.1) is 5.92 Å². The first-order valence-electron chi connectivity index (χ1n) is 8.05. The Kier molecular flexibility index (Phi) is 6.54. The van der Waals surface area contributed by atoms with Gasteiger partial charge in [0.2, 0.25) is 6.29 Å². The van der Waals surface area contributed by atoms with Crippen molar-refractivity contribution in [2.24, 2.45) is 5.92 Å². The number of aliphatic hydroxyl groups excluding tert-OH is 3. The summed E-state index contributed by atoms with van der Waals surface area (Å²) in [4.78, 5) is 22.5. The summed E-state index contributed by atoms with van der Waals surface area (Å²) in [6, 6.07) is 6.28. The Bertz CT molecular complexity index is 628. The first-order valence-corrected chi connectivity index (χ1v) is 8.05. The van der Waals surface area contributed by atoms with Crippen molar-refractivity contribution in [1.82, 2.24) is 0 Å². The molecule has 0 radical (unpaired) electrons. The Hall–Kier alpha value is -2.20. The lowest BCUT2D eigenvalue weighted by atomic mass is 9.99. The summed E-state index contributed by atoms with van der Waals surface area (Å²) < 4.78 is 15.5. The predicted octanol–water partition coefficient (Wildman–Crippen LogP) is -0.343. The van der Waals surface area contributed by atoms with Gasteiger partial charge in [0.05, 0.1) is 5.92 Å². The van der Waals surface area contributed by atoms with Gasteiger partial charge >= 0.3 is 11.9 Å². The summed E-state index contributed by atoms with van der Waals surface area (Å²) >= 11 is 0. The van der Waals surface area contributed by atoms with E-state index in [9.17, 15) is 24.9 Å². The second kappa shape index (κ2) is 8.45. The maximum absolute atomic E-state index is 11.4. The number of carbonyl (C=O) groups excluding carboxylic acids is 1. The molecular formula is C17H22O9. The summed E-state index contributed by atoms with van der Waals surface area (Å²) in [6.07, 6.45) is -8.34. The highest BCUT2D eigenvalue weighted by atomic mass is 16.7. The molecule has 9 nitrogen and oxygen atoms in total. The van der Waals surface area contributed by atoms with Crippen molar-refractivity contribution in [3.8, 4) is 5.75 Å². The molecule has 0 aromatic heterocycles. The van der Waals surface area contributed by atoms with E-state index in [1.807, 2.05) is 0 Å². The zero-order valence-electron chi connectivity index (χ0n) is 14.3. The Morgan fingerprint density at radius 2 is 1.69 bits per heavy atom. The lowest BCUT2D eigenvalue weighted by Crippen LogP contribution is -2.61. The minimum absolute atomic E-state index is 0.0891. The van der Waals surface area contributed by atoms with Crippen molar-refractivity contribution >= 4 is 11.9 Å². The van der Waals surface area contributed by atoms with Crippen LogP contribution in [0.5, 0.6) is 5.75 Å². The number of aliphatic carboxylic acids is 1. The molecule has 1 aromatic rings. The van der Waals surface area contributed by atoms with Crippen LogP contribution in [-0.4, -0.2) is 63.1 Å². The first kappa shape index (κ1) is 20.1. The van der Waals surface area contributed by atoms with Crippen LogP contribution in [0.25, 0.3) is 0 Å². The third-order valence-corrected chi connectivity index (χ3v) is 3.84. The number of esters is 1. The molecule has 0 spiro atoms. The lowest BCUT2D eigenvalue weighted by molar-refractivity contribution is -0.271. The molecule has 0 bridgehead atoms. The molecule has 1 fully saturated rings. The number of carboxylic acids is 1. The second-order valence-electron chi connectivity index (χ2n) is 6.26. The van der Waals surface area contributed by atoms with Gasteiger partial charge in [0.25, 0.3) is 0 Å². The Balaban J connectivity index is 1.99. The monoisotopic (exact) mass is 370 g/mol. The Morgan fingerprint density at radius 3 is 2.23 bits per heavy atom. The molecule has 1 aliphatic rings. The molecule has 4 N–H and O–H groups in total. The fraction of sp³-hybridized carbons (Fsp3) is 0.529. The van der Waals surface area contributed by atoms with Crippen LogP contribution in [-0.2, 0) is 25.7 Å². The molecule has 0 aliphatic carbocycles. The number of hydrogen-bond donors (Lipinski definition) is 4. The minimum atomic E-state index is -1.78. The molecule has 0 amide bonds. The molecule has 5 atom stereocenters. The second-order valence-corrected chi connectivity index (χ2v) is 6.26. The molecule has 1 saturated heterocycles. The van der Waals surface area contributed by atoms with Crippen LogP contribution < -0.4 is 4.74 Å². The molecule has 9 heteroatoms. The van der Waals surface area contributed by atoms with Gasteiger partial charge in [-0.3, -0.25) is 4.79 Å². The van der Waals surface area contributed by atoms with E-state index < -0.39 is 36.7 Å². The molecule has 1 heterocycles. The molecule has 1 aliphatic heterocycles. The van der Waals surface area contributed by atoms with E-state index in [4.69, 9.17) is 19.3 Å². The lowest BCUT2D eigenvalue weighted by Gasteiger charge is -2.38. The van der Waals surface area contributed by atoms with Gasteiger partial charge in [-0.1, -0.05) is 26.0 Å². The maximum Gasteiger partial charge on any atom is 0.335 e. The standard InChI is InChI=1S/C17H22O9/c1-8(2)16(23)24-7-9-3-5-10(6-4-9)25-17-13(20)11(18)12(19)14(26-17)15(21)22/h3-6,8,11-14,17-20H,7H2,1-2H3,(H,21,22)/t11-,12-,13+,14-,17+/m0/s1. The SMILES string of the molecule is CC(C)C(=O)OCc1ccc(O[C@@H]2O[C@H](C(=O)O)[C@@H](O)[C@H](O)[C@H]2O)cc1.